The molecule has 2 saturated heterocycles. The number of nitrogens with one attached hydrogen (secondary N) is 2. The van der Waals surface area contributed by atoms with Gasteiger partial charge in [0.25, 0.3) is 5.91 Å². The Hall–Kier alpha value is -2.68. The molecule has 1 aromatic carbocycles. The number of rotatable bonds is 4. The minimum atomic E-state index is -0.917. The van der Waals surface area contributed by atoms with E-state index in [1.807, 2.05) is 18.7 Å². The van der Waals surface area contributed by atoms with Crippen LogP contribution >= 0.6 is 0 Å². The van der Waals surface area contributed by atoms with Crippen molar-refractivity contribution in [1.82, 2.24) is 10.2 Å². The number of benzene rings is 1. The molecule has 2 atom stereocenters. The molecule has 2 N–H and O–H groups in total. The van der Waals surface area contributed by atoms with Gasteiger partial charge in [0.1, 0.15) is 17.9 Å². The molecule has 0 radical (unpaired) electrons. The van der Waals surface area contributed by atoms with Gasteiger partial charge in [0.05, 0.1) is 17.9 Å². The summed E-state index contributed by atoms with van der Waals surface area (Å²) >= 11 is 0. The summed E-state index contributed by atoms with van der Waals surface area (Å²) in [6, 6.07) is 3.98. The summed E-state index contributed by atoms with van der Waals surface area (Å²) in [5.74, 6) is -0.859. The highest BCUT2D eigenvalue weighted by Crippen LogP contribution is 2.43. The van der Waals surface area contributed by atoms with Crippen molar-refractivity contribution in [3.05, 3.63) is 24.0 Å². The van der Waals surface area contributed by atoms with Crippen LogP contribution in [0.2, 0.25) is 0 Å². The average Bonchev–Trinajstić information content (AvgIpc) is 2.96. The lowest BCUT2D eigenvalue weighted by atomic mass is 9.67. The zero-order valence-corrected chi connectivity index (χ0v) is 21.3. The lowest BCUT2D eigenvalue weighted by molar-refractivity contribution is -0.135. The summed E-state index contributed by atoms with van der Waals surface area (Å²) in [6.45, 7) is 11.2. The van der Waals surface area contributed by atoms with E-state index in [2.05, 4.69) is 31.4 Å². The fourth-order valence-corrected chi connectivity index (χ4v) is 5.70. The smallest absolute Gasteiger partial charge is 0.325 e. The van der Waals surface area contributed by atoms with Crippen molar-refractivity contribution in [3.8, 4) is 0 Å². The van der Waals surface area contributed by atoms with Crippen LogP contribution in [0.4, 0.5) is 20.6 Å². The fourth-order valence-electron chi connectivity index (χ4n) is 5.70. The Morgan fingerprint density at radius 3 is 2.37 bits per heavy atom. The van der Waals surface area contributed by atoms with Crippen molar-refractivity contribution in [2.24, 2.45) is 11.3 Å². The molecule has 2 heterocycles. The largest absolute Gasteiger partial charge is 0.372 e. The molecule has 0 bridgehead atoms. The van der Waals surface area contributed by atoms with Gasteiger partial charge in [0.2, 0.25) is 5.91 Å². The van der Waals surface area contributed by atoms with E-state index >= 15 is 0 Å². The number of morpholine rings is 1. The number of urea groups is 1. The van der Waals surface area contributed by atoms with Crippen molar-refractivity contribution in [3.63, 3.8) is 0 Å². The van der Waals surface area contributed by atoms with Crippen LogP contribution in [0.5, 0.6) is 0 Å². The molecule has 9 heteroatoms. The van der Waals surface area contributed by atoms with E-state index in [-0.39, 0.29) is 29.2 Å². The maximum absolute atomic E-state index is 14.9. The number of ether oxygens (including phenoxy) is 1. The second-order valence-electron chi connectivity index (χ2n) is 11.4. The Balaban J connectivity index is 1.37. The zero-order chi connectivity index (χ0) is 25.5. The first-order valence-electron chi connectivity index (χ1n) is 12.5. The number of carbonyl (C=O) groups excluding carboxylic acids is 3. The number of carbonyl (C=O) groups is 3. The number of halogens is 1. The predicted molar refractivity (Wildman–Crippen MR) is 132 cm³/mol. The summed E-state index contributed by atoms with van der Waals surface area (Å²) in [5, 5.41) is 5.47. The van der Waals surface area contributed by atoms with Gasteiger partial charge in [-0.25, -0.2) is 9.18 Å². The van der Waals surface area contributed by atoms with Gasteiger partial charge in [-0.15, -0.1) is 0 Å². The van der Waals surface area contributed by atoms with Crippen LogP contribution in [0.25, 0.3) is 0 Å². The molecule has 1 saturated carbocycles. The van der Waals surface area contributed by atoms with Crippen LogP contribution in [0, 0.1) is 17.2 Å². The second kappa shape index (κ2) is 9.41. The first kappa shape index (κ1) is 25.4. The highest BCUT2D eigenvalue weighted by Gasteiger charge is 2.53. The van der Waals surface area contributed by atoms with Crippen LogP contribution < -0.4 is 15.5 Å². The van der Waals surface area contributed by atoms with Crippen molar-refractivity contribution in [1.29, 1.82) is 0 Å². The van der Waals surface area contributed by atoms with Crippen LogP contribution in [-0.2, 0) is 14.3 Å². The average molecular weight is 489 g/mol. The number of hydrogen-bond acceptors (Lipinski definition) is 5. The molecule has 3 aliphatic rings. The molecule has 2 unspecified atom stereocenters. The third kappa shape index (κ3) is 5.29. The highest BCUT2D eigenvalue weighted by atomic mass is 19.1. The second-order valence-corrected chi connectivity index (χ2v) is 11.4. The minimum Gasteiger partial charge on any atom is -0.372 e. The van der Waals surface area contributed by atoms with Crippen molar-refractivity contribution in [2.45, 2.75) is 78.0 Å². The summed E-state index contributed by atoms with van der Waals surface area (Å²) in [4.78, 5) is 41.3. The summed E-state index contributed by atoms with van der Waals surface area (Å²) in [6.07, 6.45) is 2.83. The molecule has 1 aliphatic carbocycles. The maximum atomic E-state index is 14.9. The van der Waals surface area contributed by atoms with Gasteiger partial charge in [0, 0.05) is 18.8 Å². The normalized spacial score (nSPS) is 29.5. The van der Waals surface area contributed by atoms with E-state index in [1.165, 1.54) is 6.07 Å². The molecular formula is C26H37FN4O4. The molecule has 4 amide bonds. The van der Waals surface area contributed by atoms with Crippen molar-refractivity contribution < 1.29 is 23.5 Å². The Labute approximate surface area is 206 Å². The van der Waals surface area contributed by atoms with E-state index < -0.39 is 29.8 Å². The zero-order valence-electron chi connectivity index (χ0n) is 21.3. The Kier molecular flexibility index (Phi) is 6.83. The molecule has 1 spiro atoms. The van der Waals surface area contributed by atoms with E-state index in [1.54, 1.807) is 12.1 Å². The summed E-state index contributed by atoms with van der Waals surface area (Å²) in [5.41, 5.74) is -0.0418. The number of anilines is 2. The molecule has 0 aromatic heterocycles. The first-order chi connectivity index (χ1) is 16.4. The van der Waals surface area contributed by atoms with Gasteiger partial charge < -0.3 is 20.3 Å². The third-order valence-electron chi connectivity index (χ3n) is 7.60. The van der Waals surface area contributed by atoms with Crippen LogP contribution in [0.15, 0.2) is 18.2 Å². The van der Waals surface area contributed by atoms with Gasteiger partial charge in [-0.05, 0) is 69.1 Å². The van der Waals surface area contributed by atoms with Gasteiger partial charge in [-0.2, -0.15) is 0 Å². The Bertz CT molecular complexity index is 990. The molecule has 4 rings (SSSR count). The lowest BCUT2D eigenvalue weighted by Crippen LogP contribution is -2.50. The fraction of sp³-hybridized carbons (Fsp3) is 0.654. The maximum Gasteiger partial charge on any atom is 0.325 e. The van der Waals surface area contributed by atoms with Gasteiger partial charge in [0.15, 0.2) is 0 Å². The molecule has 192 valence electrons. The topological polar surface area (TPSA) is 91.0 Å². The Morgan fingerprint density at radius 2 is 1.80 bits per heavy atom. The van der Waals surface area contributed by atoms with E-state index in [9.17, 15) is 18.8 Å². The quantitative estimate of drug-likeness (QED) is 0.628. The predicted octanol–water partition coefficient (Wildman–Crippen LogP) is 3.90. The standard InChI is InChI=1S/C26H37FN4O4/c1-16-13-30(14-17(2)35-16)21-7-6-19(12-20(21)27)28-22(32)15-31-23(33)26(29-24(31)34)10-8-18(9-11-26)25(3,4)5/h6-7,12,16-18H,8-11,13-15H2,1-5H3,(H,28,32)(H,29,34). The SMILES string of the molecule is CC1CN(c2ccc(NC(=O)CN3C(=O)NC4(CCC(C(C)(C)C)CC4)C3=O)cc2F)CC(C)O1. The molecule has 8 nitrogen and oxygen atoms in total. The van der Waals surface area contributed by atoms with E-state index in [0.29, 0.717) is 37.5 Å². The number of hydrogen-bond donors (Lipinski definition) is 2. The summed E-state index contributed by atoms with van der Waals surface area (Å²) < 4.78 is 20.6. The third-order valence-corrected chi connectivity index (χ3v) is 7.60. The van der Waals surface area contributed by atoms with Crippen LogP contribution in [0.1, 0.15) is 60.3 Å². The van der Waals surface area contributed by atoms with Gasteiger partial charge in [-0.1, -0.05) is 20.8 Å². The van der Waals surface area contributed by atoms with Crippen molar-refractivity contribution >= 4 is 29.2 Å². The van der Waals surface area contributed by atoms with Crippen LogP contribution in [-0.4, -0.2) is 60.1 Å². The monoisotopic (exact) mass is 488 g/mol. The van der Waals surface area contributed by atoms with Crippen molar-refractivity contribution in [2.75, 3.05) is 29.9 Å². The first-order valence-corrected chi connectivity index (χ1v) is 12.5. The number of nitrogens with zero attached hydrogens (tertiary/aromatic N) is 2. The van der Waals surface area contributed by atoms with E-state index in [0.717, 1.165) is 17.7 Å². The molecule has 1 aromatic rings. The highest BCUT2D eigenvalue weighted by molar-refractivity contribution is 6.10. The van der Waals surface area contributed by atoms with E-state index in [4.69, 9.17) is 4.74 Å². The molecular weight excluding hydrogens is 451 g/mol. The van der Waals surface area contributed by atoms with Gasteiger partial charge in [-0.3, -0.25) is 14.5 Å². The number of imide groups is 1. The number of amides is 4. The van der Waals surface area contributed by atoms with Crippen LogP contribution in [0.3, 0.4) is 0 Å². The van der Waals surface area contributed by atoms with Gasteiger partial charge >= 0.3 is 6.03 Å². The minimum absolute atomic E-state index is 0.00604. The summed E-state index contributed by atoms with van der Waals surface area (Å²) in [7, 11) is 0. The molecule has 2 aliphatic heterocycles. The lowest BCUT2D eigenvalue weighted by Gasteiger charge is -2.40. The molecule has 35 heavy (non-hydrogen) atoms. The Morgan fingerprint density at radius 1 is 1.17 bits per heavy atom. The molecule has 3 fully saturated rings.